The van der Waals surface area contributed by atoms with Crippen molar-refractivity contribution in [2.75, 3.05) is 11.9 Å². The Kier molecular flexibility index (Phi) is 7.13. The Bertz CT molecular complexity index is 1020. The van der Waals surface area contributed by atoms with Crippen molar-refractivity contribution in [1.29, 1.82) is 0 Å². The van der Waals surface area contributed by atoms with Gasteiger partial charge in [0.1, 0.15) is 17.8 Å². The molecule has 3 rings (SSSR count). The van der Waals surface area contributed by atoms with Crippen LogP contribution in [0.1, 0.15) is 36.5 Å². The van der Waals surface area contributed by atoms with E-state index < -0.39 is 0 Å². The number of ether oxygens (including phenoxy) is 1. The van der Waals surface area contributed by atoms with E-state index in [1.165, 1.54) is 18.7 Å². The van der Waals surface area contributed by atoms with Gasteiger partial charge < -0.3 is 15.2 Å². The first-order valence-electron chi connectivity index (χ1n) is 9.31. The average molecular weight is 446 g/mol. The van der Waals surface area contributed by atoms with E-state index >= 15 is 0 Å². The first kappa shape index (κ1) is 21.9. The van der Waals surface area contributed by atoms with Crippen molar-refractivity contribution in [3.05, 3.63) is 75.8 Å². The second-order valence-corrected chi connectivity index (χ2v) is 7.87. The lowest BCUT2D eigenvalue weighted by atomic mass is 9.96. The van der Waals surface area contributed by atoms with Gasteiger partial charge in [0.15, 0.2) is 6.61 Å². The minimum absolute atomic E-state index is 0.195. The molecule has 6 nitrogen and oxygen atoms in total. The van der Waals surface area contributed by atoms with Crippen LogP contribution in [0.25, 0.3) is 0 Å². The summed E-state index contributed by atoms with van der Waals surface area (Å²) in [6.07, 6.45) is 4.86. The summed E-state index contributed by atoms with van der Waals surface area (Å²) < 4.78 is 5.52. The number of aromatic nitrogens is 2. The topological polar surface area (TPSA) is 84.3 Å². The molecule has 1 amide bonds. The molecule has 0 aliphatic heterocycles. The number of halogens is 2. The smallest absolute Gasteiger partial charge is 0.262 e. The number of carbonyl (C=O) groups is 1. The number of anilines is 1. The van der Waals surface area contributed by atoms with Gasteiger partial charge in [-0.3, -0.25) is 4.79 Å². The van der Waals surface area contributed by atoms with Crippen molar-refractivity contribution in [2.24, 2.45) is 0 Å². The van der Waals surface area contributed by atoms with Crippen LogP contribution in [0.2, 0.25) is 10.0 Å². The van der Waals surface area contributed by atoms with Crippen LogP contribution in [0.15, 0.2) is 49.1 Å². The normalized spacial score (nSPS) is 10.8. The van der Waals surface area contributed by atoms with E-state index in [9.17, 15) is 9.90 Å². The zero-order valence-corrected chi connectivity index (χ0v) is 18.0. The van der Waals surface area contributed by atoms with Gasteiger partial charge in [0.25, 0.3) is 5.91 Å². The SMILES string of the molecule is CC(C)c1cc(Cc2c(Cl)cc(OCC(=O)Nc3cncnc3)cc2Cl)ccc1O. The fourth-order valence-electron chi connectivity index (χ4n) is 2.92. The number of phenolic OH excluding ortho intramolecular Hbond substituents is 1. The van der Waals surface area contributed by atoms with Crippen LogP contribution in [-0.2, 0) is 11.2 Å². The number of amides is 1. The first-order chi connectivity index (χ1) is 14.3. The molecule has 0 saturated carbocycles. The highest BCUT2D eigenvalue weighted by Crippen LogP contribution is 2.34. The Labute approximate surface area is 184 Å². The molecule has 0 bridgehead atoms. The largest absolute Gasteiger partial charge is 0.508 e. The van der Waals surface area contributed by atoms with E-state index in [0.29, 0.717) is 27.9 Å². The van der Waals surface area contributed by atoms with Crippen LogP contribution in [0.4, 0.5) is 5.69 Å². The van der Waals surface area contributed by atoms with Crippen molar-refractivity contribution in [2.45, 2.75) is 26.2 Å². The van der Waals surface area contributed by atoms with Gasteiger partial charge in [-0.15, -0.1) is 0 Å². The van der Waals surface area contributed by atoms with Crippen LogP contribution < -0.4 is 10.1 Å². The first-order valence-corrected chi connectivity index (χ1v) is 10.1. The molecular formula is C22H21Cl2N3O3. The lowest BCUT2D eigenvalue weighted by molar-refractivity contribution is -0.118. The third kappa shape index (κ3) is 5.62. The lowest BCUT2D eigenvalue weighted by Crippen LogP contribution is -2.20. The molecular weight excluding hydrogens is 425 g/mol. The monoisotopic (exact) mass is 445 g/mol. The average Bonchev–Trinajstić information content (AvgIpc) is 2.71. The maximum atomic E-state index is 12.0. The Balaban J connectivity index is 1.68. The number of hydrogen-bond donors (Lipinski definition) is 2. The van der Waals surface area contributed by atoms with Crippen LogP contribution >= 0.6 is 23.2 Å². The summed E-state index contributed by atoms with van der Waals surface area (Å²) in [5.41, 5.74) is 3.08. The highest BCUT2D eigenvalue weighted by molar-refractivity contribution is 6.36. The highest BCUT2D eigenvalue weighted by Gasteiger charge is 2.13. The van der Waals surface area contributed by atoms with E-state index in [0.717, 1.165) is 16.7 Å². The molecule has 0 fully saturated rings. The Morgan fingerprint density at radius 1 is 1.13 bits per heavy atom. The lowest BCUT2D eigenvalue weighted by Gasteiger charge is -2.14. The number of carbonyl (C=O) groups excluding carboxylic acids is 1. The summed E-state index contributed by atoms with van der Waals surface area (Å²) in [4.78, 5) is 19.7. The van der Waals surface area contributed by atoms with Gasteiger partial charge in [-0.25, -0.2) is 9.97 Å². The second kappa shape index (κ2) is 9.78. The van der Waals surface area contributed by atoms with Gasteiger partial charge in [0, 0.05) is 16.5 Å². The van der Waals surface area contributed by atoms with Crippen molar-refractivity contribution in [3.8, 4) is 11.5 Å². The quantitative estimate of drug-likeness (QED) is 0.520. The van der Waals surface area contributed by atoms with E-state index in [1.807, 2.05) is 26.0 Å². The standard InChI is InChI=1S/C22H21Cl2N3O3/c1-13(2)17-5-14(3-4-21(17)28)6-18-19(23)7-16(8-20(18)24)30-11-22(29)27-15-9-25-12-26-10-15/h3-5,7-10,12-13,28H,6,11H2,1-2H3,(H,27,29). The molecule has 1 aromatic heterocycles. The van der Waals surface area contributed by atoms with E-state index in [1.54, 1.807) is 18.2 Å². The number of nitrogens with zero attached hydrogens (tertiary/aromatic N) is 2. The molecule has 0 unspecified atom stereocenters. The number of phenols is 1. The molecule has 30 heavy (non-hydrogen) atoms. The molecule has 0 saturated heterocycles. The van der Waals surface area contributed by atoms with E-state index in [4.69, 9.17) is 27.9 Å². The van der Waals surface area contributed by atoms with Gasteiger partial charge in [0.2, 0.25) is 0 Å². The molecule has 2 aromatic carbocycles. The number of rotatable bonds is 7. The number of nitrogens with one attached hydrogen (secondary N) is 1. The van der Waals surface area contributed by atoms with Gasteiger partial charge in [0.05, 0.1) is 18.1 Å². The second-order valence-electron chi connectivity index (χ2n) is 7.05. The maximum Gasteiger partial charge on any atom is 0.262 e. The van der Waals surface area contributed by atoms with Crippen molar-refractivity contribution in [3.63, 3.8) is 0 Å². The molecule has 0 spiro atoms. The van der Waals surface area contributed by atoms with Gasteiger partial charge in [-0.2, -0.15) is 0 Å². The molecule has 156 valence electrons. The molecule has 0 atom stereocenters. The van der Waals surface area contributed by atoms with Crippen LogP contribution in [0.3, 0.4) is 0 Å². The summed E-state index contributed by atoms with van der Waals surface area (Å²) in [6, 6.07) is 8.74. The van der Waals surface area contributed by atoms with Gasteiger partial charge >= 0.3 is 0 Å². The molecule has 2 N–H and O–H groups in total. The molecule has 1 heterocycles. The zero-order chi connectivity index (χ0) is 21.7. The number of hydrogen-bond acceptors (Lipinski definition) is 5. The van der Waals surface area contributed by atoms with Gasteiger partial charge in [-0.05, 0) is 40.8 Å². The minimum atomic E-state index is -0.355. The van der Waals surface area contributed by atoms with E-state index in [-0.39, 0.29) is 24.2 Å². The zero-order valence-electron chi connectivity index (χ0n) is 16.5. The summed E-state index contributed by atoms with van der Waals surface area (Å²) in [7, 11) is 0. The van der Waals surface area contributed by atoms with Crippen molar-refractivity contribution < 1.29 is 14.6 Å². The van der Waals surface area contributed by atoms with Crippen molar-refractivity contribution in [1.82, 2.24) is 9.97 Å². The van der Waals surface area contributed by atoms with E-state index in [2.05, 4.69) is 15.3 Å². The van der Waals surface area contributed by atoms with Crippen LogP contribution in [0.5, 0.6) is 11.5 Å². The summed E-state index contributed by atoms with van der Waals surface area (Å²) in [5.74, 6) is 0.503. The Hall–Kier alpha value is -2.83. The third-order valence-corrected chi connectivity index (χ3v) is 5.10. The fraction of sp³-hybridized carbons (Fsp3) is 0.227. The van der Waals surface area contributed by atoms with Crippen LogP contribution in [0, 0.1) is 0 Å². The Morgan fingerprint density at radius 3 is 2.43 bits per heavy atom. The van der Waals surface area contributed by atoms with Gasteiger partial charge in [-0.1, -0.05) is 49.2 Å². The third-order valence-electron chi connectivity index (χ3n) is 4.42. The number of aromatic hydroxyl groups is 1. The predicted molar refractivity (Wildman–Crippen MR) is 118 cm³/mol. The Morgan fingerprint density at radius 2 is 1.80 bits per heavy atom. The predicted octanol–water partition coefficient (Wildman–Crippen LogP) is 5.22. The summed E-state index contributed by atoms with van der Waals surface area (Å²) in [5, 5.41) is 13.5. The van der Waals surface area contributed by atoms with Crippen LogP contribution in [-0.4, -0.2) is 27.6 Å². The molecule has 0 aliphatic rings. The summed E-state index contributed by atoms with van der Waals surface area (Å²) >= 11 is 12.9. The molecule has 0 aliphatic carbocycles. The minimum Gasteiger partial charge on any atom is -0.508 e. The molecule has 3 aromatic rings. The molecule has 8 heteroatoms. The fourth-order valence-corrected chi connectivity index (χ4v) is 3.52. The highest BCUT2D eigenvalue weighted by atomic mass is 35.5. The van der Waals surface area contributed by atoms with Crippen molar-refractivity contribution >= 4 is 34.8 Å². The maximum absolute atomic E-state index is 12.0. The molecule has 0 radical (unpaired) electrons. The summed E-state index contributed by atoms with van der Waals surface area (Å²) in [6.45, 7) is 3.83. The number of benzene rings is 2.